The van der Waals surface area contributed by atoms with Crippen molar-refractivity contribution in [3.05, 3.63) is 26.4 Å². The highest BCUT2D eigenvalue weighted by Gasteiger charge is 2.23. The molecule has 1 nitrogen and oxygen atoms in total. The van der Waals surface area contributed by atoms with Crippen molar-refractivity contribution in [3.63, 3.8) is 0 Å². The van der Waals surface area contributed by atoms with Crippen LogP contribution in [0.25, 0.3) is 6.08 Å². The molecule has 2 aliphatic carbocycles. The third-order valence-corrected chi connectivity index (χ3v) is 5.79. The molecule has 0 aliphatic heterocycles. The van der Waals surface area contributed by atoms with E-state index in [0.29, 0.717) is 0 Å². The van der Waals surface area contributed by atoms with E-state index in [1.54, 1.807) is 5.57 Å². The van der Waals surface area contributed by atoms with Crippen LogP contribution in [0.15, 0.2) is 21.5 Å². The molecule has 0 saturated heterocycles. The van der Waals surface area contributed by atoms with Crippen LogP contribution < -0.4 is 5.32 Å². The molecule has 0 radical (unpaired) electrons. The molecule has 2 aliphatic rings. The molecular weight excluding hydrogens is 318 g/mol. The molecule has 0 unspecified atom stereocenters. The molecule has 2 saturated carbocycles. The van der Waals surface area contributed by atoms with Crippen LogP contribution in [0.2, 0.25) is 0 Å². The Balaban J connectivity index is 1.71. The fourth-order valence-corrected chi connectivity index (χ4v) is 4.33. The lowest BCUT2D eigenvalue weighted by atomic mass is 9.83. The lowest BCUT2D eigenvalue weighted by molar-refractivity contribution is 0.396. The topological polar surface area (TPSA) is 12.0 Å². The van der Waals surface area contributed by atoms with Crippen LogP contribution in [0.3, 0.4) is 0 Å². The first-order valence-corrected chi connectivity index (χ1v) is 9.11. The minimum atomic E-state index is 0.807. The molecule has 0 bridgehead atoms. The summed E-state index contributed by atoms with van der Waals surface area (Å²) in [4.78, 5) is 1.39. The molecular formula is C16H22BrNS. The van der Waals surface area contributed by atoms with Gasteiger partial charge in [-0.25, -0.2) is 0 Å². The second-order valence-corrected chi connectivity index (χ2v) is 8.35. The Morgan fingerprint density at radius 2 is 2.00 bits per heavy atom. The van der Waals surface area contributed by atoms with Crippen LogP contribution in [-0.4, -0.2) is 12.6 Å². The molecule has 0 spiro atoms. The number of halogens is 1. The molecule has 2 fully saturated rings. The van der Waals surface area contributed by atoms with E-state index in [1.807, 2.05) is 11.3 Å². The first-order valence-electron chi connectivity index (χ1n) is 7.50. The summed E-state index contributed by atoms with van der Waals surface area (Å²) in [5.74, 6) is 0.820. The average Bonchev–Trinajstić information content (AvgIpc) is 3.18. The van der Waals surface area contributed by atoms with Gasteiger partial charge in [0.25, 0.3) is 0 Å². The SMILES string of the molecule is Brc1ccc(C=C(CNC2CC2)C2CCCCC2)s1. The van der Waals surface area contributed by atoms with Crippen LogP contribution >= 0.6 is 27.3 Å². The summed E-state index contributed by atoms with van der Waals surface area (Å²) in [7, 11) is 0. The molecule has 0 amide bonds. The molecule has 0 aromatic carbocycles. The van der Waals surface area contributed by atoms with E-state index >= 15 is 0 Å². The monoisotopic (exact) mass is 339 g/mol. The van der Waals surface area contributed by atoms with Crippen molar-refractivity contribution in [1.82, 2.24) is 5.32 Å². The van der Waals surface area contributed by atoms with Gasteiger partial charge in [0.15, 0.2) is 0 Å². The number of thiophene rings is 1. The molecule has 1 N–H and O–H groups in total. The largest absolute Gasteiger partial charge is 0.310 e. The summed E-state index contributed by atoms with van der Waals surface area (Å²) >= 11 is 5.41. The molecule has 3 rings (SSSR count). The predicted molar refractivity (Wildman–Crippen MR) is 87.6 cm³/mol. The van der Waals surface area contributed by atoms with Gasteiger partial charge in [-0.1, -0.05) is 24.8 Å². The van der Waals surface area contributed by atoms with Crippen molar-refractivity contribution in [2.75, 3.05) is 6.54 Å². The Morgan fingerprint density at radius 1 is 1.21 bits per heavy atom. The number of hydrogen-bond acceptors (Lipinski definition) is 2. The van der Waals surface area contributed by atoms with Gasteiger partial charge in [0.2, 0.25) is 0 Å². The van der Waals surface area contributed by atoms with Crippen LogP contribution in [0, 0.1) is 5.92 Å². The Bertz CT molecular complexity index is 441. The molecule has 19 heavy (non-hydrogen) atoms. The number of nitrogens with one attached hydrogen (secondary N) is 1. The van der Waals surface area contributed by atoms with Crippen LogP contribution in [0.5, 0.6) is 0 Å². The van der Waals surface area contributed by atoms with Crippen LogP contribution in [0.1, 0.15) is 49.8 Å². The van der Waals surface area contributed by atoms with E-state index in [-0.39, 0.29) is 0 Å². The Labute approximate surface area is 128 Å². The normalized spacial score (nSPS) is 21.8. The smallest absolute Gasteiger partial charge is 0.0704 e. The van der Waals surface area contributed by atoms with Gasteiger partial charge in [0.1, 0.15) is 0 Å². The average molecular weight is 340 g/mol. The van der Waals surface area contributed by atoms with Crippen molar-refractivity contribution in [2.24, 2.45) is 5.92 Å². The van der Waals surface area contributed by atoms with Gasteiger partial charge < -0.3 is 5.32 Å². The summed E-state index contributed by atoms with van der Waals surface area (Å²) in [6.45, 7) is 1.10. The molecule has 1 aromatic rings. The quantitative estimate of drug-likeness (QED) is 0.774. The fraction of sp³-hybridized carbons (Fsp3) is 0.625. The van der Waals surface area contributed by atoms with E-state index in [0.717, 1.165) is 18.5 Å². The fourth-order valence-electron chi connectivity index (χ4n) is 2.92. The highest BCUT2D eigenvalue weighted by atomic mass is 79.9. The zero-order chi connectivity index (χ0) is 13.1. The highest BCUT2D eigenvalue weighted by Crippen LogP contribution is 2.33. The van der Waals surface area contributed by atoms with E-state index in [9.17, 15) is 0 Å². The summed E-state index contributed by atoms with van der Waals surface area (Å²) in [5.41, 5.74) is 1.64. The molecule has 0 atom stereocenters. The highest BCUT2D eigenvalue weighted by molar-refractivity contribution is 9.11. The number of hydrogen-bond donors (Lipinski definition) is 1. The van der Waals surface area contributed by atoms with Crippen molar-refractivity contribution in [3.8, 4) is 0 Å². The van der Waals surface area contributed by atoms with Crippen molar-refractivity contribution >= 4 is 33.3 Å². The minimum Gasteiger partial charge on any atom is -0.310 e. The van der Waals surface area contributed by atoms with E-state index in [2.05, 4.69) is 39.5 Å². The Morgan fingerprint density at radius 3 is 2.63 bits per heavy atom. The third-order valence-electron chi connectivity index (χ3n) is 4.22. The van der Waals surface area contributed by atoms with E-state index in [4.69, 9.17) is 0 Å². The van der Waals surface area contributed by atoms with Gasteiger partial charge in [-0.05, 0) is 65.7 Å². The van der Waals surface area contributed by atoms with Crippen molar-refractivity contribution in [2.45, 2.75) is 51.0 Å². The zero-order valence-corrected chi connectivity index (χ0v) is 13.7. The lowest BCUT2D eigenvalue weighted by Gasteiger charge is -2.25. The molecule has 1 heterocycles. The summed E-state index contributed by atoms with van der Waals surface area (Å²) < 4.78 is 1.23. The van der Waals surface area contributed by atoms with Crippen molar-refractivity contribution in [1.29, 1.82) is 0 Å². The maximum Gasteiger partial charge on any atom is 0.0704 e. The van der Waals surface area contributed by atoms with Gasteiger partial charge in [-0.2, -0.15) is 0 Å². The maximum atomic E-state index is 3.71. The Kier molecular flexibility index (Phi) is 4.78. The van der Waals surface area contributed by atoms with Gasteiger partial charge in [0.05, 0.1) is 3.79 Å². The van der Waals surface area contributed by atoms with Crippen LogP contribution in [-0.2, 0) is 0 Å². The number of rotatable bonds is 5. The van der Waals surface area contributed by atoms with Gasteiger partial charge >= 0.3 is 0 Å². The van der Waals surface area contributed by atoms with Gasteiger partial charge in [0, 0.05) is 17.5 Å². The Hall–Kier alpha value is -0.120. The molecule has 1 aromatic heterocycles. The van der Waals surface area contributed by atoms with Gasteiger partial charge in [-0.3, -0.25) is 0 Å². The van der Waals surface area contributed by atoms with Crippen LogP contribution in [0.4, 0.5) is 0 Å². The summed E-state index contributed by atoms with van der Waals surface area (Å²) in [5, 5.41) is 3.71. The lowest BCUT2D eigenvalue weighted by Crippen LogP contribution is -2.23. The van der Waals surface area contributed by atoms with Gasteiger partial charge in [-0.15, -0.1) is 11.3 Å². The van der Waals surface area contributed by atoms with E-state index in [1.165, 1.54) is 53.6 Å². The van der Waals surface area contributed by atoms with Crippen molar-refractivity contribution < 1.29 is 0 Å². The first kappa shape index (κ1) is 13.8. The summed E-state index contributed by atoms with van der Waals surface area (Å²) in [6, 6.07) is 5.19. The zero-order valence-electron chi connectivity index (χ0n) is 11.3. The third kappa shape index (κ3) is 4.17. The standard InChI is InChI=1S/C16H22BrNS/c17-16-9-8-15(19-16)10-13(11-18-14-6-7-14)12-4-2-1-3-5-12/h8-10,12,14,18H,1-7,11H2. The second-order valence-electron chi connectivity index (χ2n) is 5.85. The van der Waals surface area contributed by atoms with E-state index < -0.39 is 0 Å². The maximum absolute atomic E-state index is 3.71. The minimum absolute atomic E-state index is 0.807. The molecule has 104 valence electrons. The summed E-state index contributed by atoms with van der Waals surface area (Å²) in [6.07, 6.45) is 12.3. The first-order chi connectivity index (χ1) is 9.31. The second kappa shape index (κ2) is 6.55. The predicted octanol–water partition coefficient (Wildman–Crippen LogP) is 5.23. The molecule has 3 heteroatoms.